The molecule has 1 aromatic heterocycles. The van der Waals surface area contributed by atoms with Crippen LogP contribution in [0.3, 0.4) is 0 Å². The molecule has 1 heterocycles. The summed E-state index contributed by atoms with van der Waals surface area (Å²) >= 11 is 5.75. The number of carbonyl (C=O) groups is 1. The third-order valence-corrected chi connectivity index (χ3v) is 3.00. The predicted molar refractivity (Wildman–Crippen MR) is 75.0 cm³/mol. The lowest BCUT2D eigenvalue weighted by atomic mass is 10.0. The Balaban J connectivity index is 2.10. The van der Waals surface area contributed by atoms with Gasteiger partial charge in [0.2, 0.25) is 0 Å². The molecule has 2 N–H and O–H groups in total. The van der Waals surface area contributed by atoms with Gasteiger partial charge in [0, 0.05) is 11.9 Å². The lowest BCUT2D eigenvalue weighted by Gasteiger charge is -2.09. The largest absolute Gasteiger partial charge is 0.481 e. The van der Waals surface area contributed by atoms with Crippen LogP contribution >= 0.6 is 11.6 Å². The normalized spacial score (nSPS) is 11.9. The van der Waals surface area contributed by atoms with Gasteiger partial charge < -0.3 is 10.4 Å². The van der Waals surface area contributed by atoms with Crippen LogP contribution in [0.25, 0.3) is 0 Å². The molecule has 1 atom stereocenters. The van der Waals surface area contributed by atoms with Gasteiger partial charge in [0.25, 0.3) is 0 Å². The topological polar surface area (TPSA) is 62.2 Å². The number of hydrogen-bond acceptors (Lipinski definition) is 3. The zero-order valence-electron chi connectivity index (χ0n) is 10.3. The summed E-state index contributed by atoms with van der Waals surface area (Å²) in [4.78, 5) is 15.0. The maximum Gasteiger partial charge on any atom is 0.310 e. The Morgan fingerprint density at radius 2 is 1.95 bits per heavy atom. The van der Waals surface area contributed by atoms with Crippen LogP contribution in [0.1, 0.15) is 18.4 Å². The Labute approximate surface area is 116 Å². The Morgan fingerprint density at radius 3 is 2.47 bits per heavy atom. The highest BCUT2D eigenvalue weighted by molar-refractivity contribution is 6.30. The second-order valence-electron chi connectivity index (χ2n) is 4.17. The number of carboxylic acids is 1. The Hall–Kier alpha value is -2.07. The van der Waals surface area contributed by atoms with Gasteiger partial charge in [0.15, 0.2) is 0 Å². The number of carboxylic acid groups (broad SMARTS) is 1. The monoisotopic (exact) mass is 276 g/mol. The fourth-order valence-electron chi connectivity index (χ4n) is 1.60. The van der Waals surface area contributed by atoms with Crippen molar-refractivity contribution >= 4 is 29.1 Å². The van der Waals surface area contributed by atoms with E-state index in [1.807, 2.05) is 12.1 Å². The van der Waals surface area contributed by atoms with Crippen molar-refractivity contribution in [2.45, 2.75) is 12.8 Å². The van der Waals surface area contributed by atoms with Crippen LogP contribution in [0.5, 0.6) is 0 Å². The van der Waals surface area contributed by atoms with Gasteiger partial charge in [0.1, 0.15) is 5.82 Å². The highest BCUT2D eigenvalue weighted by Crippen LogP contribution is 2.20. The predicted octanol–water partition coefficient (Wildman–Crippen LogP) is 3.67. The third-order valence-electron chi connectivity index (χ3n) is 2.78. The van der Waals surface area contributed by atoms with Gasteiger partial charge in [0.05, 0.1) is 10.9 Å². The van der Waals surface area contributed by atoms with Crippen molar-refractivity contribution in [1.29, 1.82) is 0 Å². The summed E-state index contributed by atoms with van der Waals surface area (Å²) in [5, 5.41) is 12.6. The fourth-order valence-corrected chi connectivity index (χ4v) is 1.71. The maximum atomic E-state index is 10.9. The van der Waals surface area contributed by atoms with E-state index in [1.54, 1.807) is 37.4 Å². The molecule has 19 heavy (non-hydrogen) atoms. The molecule has 0 aliphatic heterocycles. The van der Waals surface area contributed by atoms with Crippen LogP contribution < -0.4 is 5.32 Å². The molecule has 0 aliphatic rings. The van der Waals surface area contributed by atoms with E-state index in [0.29, 0.717) is 10.8 Å². The smallest absolute Gasteiger partial charge is 0.310 e. The molecule has 4 nitrogen and oxygen atoms in total. The van der Waals surface area contributed by atoms with E-state index < -0.39 is 11.9 Å². The first-order valence-electron chi connectivity index (χ1n) is 5.77. The molecule has 1 aromatic carbocycles. The van der Waals surface area contributed by atoms with Crippen molar-refractivity contribution in [3.05, 3.63) is 53.2 Å². The van der Waals surface area contributed by atoms with Crippen molar-refractivity contribution in [1.82, 2.24) is 4.98 Å². The molecule has 5 heteroatoms. The minimum absolute atomic E-state index is 0.511. The summed E-state index contributed by atoms with van der Waals surface area (Å²) in [6.07, 6.45) is 1.56. The zero-order chi connectivity index (χ0) is 13.8. The van der Waals surface area contributed by atoms with Crippen molar-refractivity contribution < 1.29 is 9.90 Å². The van der Waals surface area contributed by atoms with E-state index >= 15 is 0 Å². The van der Waals surface area contributed by atoms with Gasteiger partial charge in [-0.15, -0.1) is 0 Å². The van der Waals surface area contributed by atoms with E-state index in [-0.39, 0.29) is 0 Å². The standard InChI is InChI=1S/C14H13ClN2O2/c1-9(14(18)19)10-2-5-12(6-3-10)17-13-7-4-11(15)8-16-13/h2-9H,1H3,(H,16,17)(H,18,19)/t9-/m1/s1. The van der Waals surface area contributed by atoms with Gasteiger partial charge in [-0.25, -0.2) is 4.98 Å². The summed E-state index contributed by atoms with van der Waals surface area (Å²) in [7, 11) is 0. The van der Waals surface area contributed by atoms with Gasteiger partial charge in [-0.2, -0.15) is 0 Å². The summed E-state index contributed by atoms with van der Waals surface area (Å²) in [5.74, 6) is -0.661. The van der Waals surface area contributed by atoms with Crippen molar-refractivity contribution in [3.63, 3.8) is 0 Å². The summed E-state index contributed by atoms with van der Waals surface area (Å²) in [5.41, 5.74) is 1.61. The average Bonchev–Trinajstić information content (AvgIpc) is 2.41. The second-order valence-corrected chi connectivity index (χ2v) is 4.61. The number of nitrogens with one attached hydrogen (secondary N) is 1. The number of aromatic nitrogens is 1. The van der Waals surface area contributed by atoms with E-state index in [0.717, 1.165) is 11.3 Å². The molecule has 98 valence electrons. The van der Waals surface area contributed by atoms with Gasteiger partial charge in [-0.05, 0) is 36.8 Å². The van der Waals surface area contributed by atoms with Crippen LogP contribution in [-0.4, -0.2) is 16.1 Å². The average molecular weight is 277 g/mol. The fraction of sp³-hybridized carbons (Fsp3) is 0.143. The van der Waals surface area contributed by atoms with Gasteiger partial charge in [-0.1, -0.05) is 23.7 Å². The Kier molecular flexibility index (Phi) is 4.02. The number of hydrogen-bond donors (Lipinski definition) is 2. The van der Waals surface area contributed by atoms with Crippen molar-refractivity contribution in [3.8, 4) is 0 Å². The molecule has 0 aliphatic carbocycles. The minimum Gasteiger partial charge on any atom is -0.481 e. The van der Waals surface area contributed by atoms with Crippen LogP contribution in [-0.2, 0) is 4.79 Å². The number of anilines is 2. The molecular weight excluding hydrogens is 264 g/mol. The molecule has 0 bridgehead atoms. The number of pyridine rings is 1. The van der Waals surface area contributed by atoms with E-state index in [4.69, 9.17) is 16.7 Å². The second kappa shape index (κ2) is 5.71. The molecule has 0 spiro atoms. The molecule has 0 amide bonds. The first kappa shape index (κ1) is 13.4. The lowest BCUT2D eigenvalue weighted by Crippen LogP contribution is -2.07. The van der Waals surface area contributed by atoms with Crippen molar-refractivity contribution in [2.75, 3.05) is 5.32 Å². The first-order valence-corrected chi connectivity index (χ1v) is 6.15. The molecule has 0 unspecified atom stereocenters. The van der Waals surface area contributed by atoms with Crippen LogP contribution in [0.4, 0.5) is 11.5 Å². The van der Waals surface area contributed by atoms with Crippen LogP contribution in [0, 0.1) is 0 Å². The van der Waals surface area contributed by atoms with E-state index in [9.17, 15) is 4.79 Å². The quantitative estimate of drug-likeness (QED) is 0.894. The Bertz CT molecular complexity index is 567. The third kappa shape index (κ3) is 3.45. The van der Waals surface area contributed by atoms with Crippen LogP contribution in [0.15, 0.2) is 42.6 Å². The van der Waals surface area contributed by atoms with E-state index in [2.05, 4.69) is 10.3 Å². The molecule has 0 radical (unpaired) electrons. The molecule has 2 rings (SSSR count). The number of halogens is 1. The summed E-state index contributed by atoms with van der Waals surface area (Å²) < 4.78 is 0. The van der Waals surface area contributed by atoms with Crippen LogP contribution in [0.2, 0.25) is 5.02 Å². The Morgan fingerprint density at radius 1 is 1.26 bits per heavy atom. The number of nitrogens with zero attached hydrogens (tertiary/aromatic N) is 1. The highest BCUT2D eigenvalue weighted by atomic mass is 35.5. The SMILES string of the molecule is C[C@@H](C(=O)O)c1ccc(Nc2ccc(Cl)cn2)cc1. The van der Waals surface area contributed by atoms with Gasteiger partial charge in [-0.3, -0.25) is 4.79 Å². The molecular formula is C14H13ClN2O2. The first-order chi connectivity index (χ1) is 9.06. The zero-order valence-corrected chi connectivity index (χ0v) is 11.1. The summed E-state index contributed by atoms with van der Waals surface area (Å²) in [6, 6.07) is 10.7. The minimum atomic E-state index is -0.833. The molecule has 0 saturated carbocycles. The lowest BCUT2D eigenvalue weighted by molar-refractivity contribution is -0.138. The number of benzene rings is 1. The number of rotatable bonds is 4. The number of aliphatic carboxylic acids is 1. The van der Waals surface area contributed by atoms with Crippen molar-refractivity contribution in [2.24, 2.45) is 0 Å². The van der Waals surface area contributed by atoms with E-state index in [1.165, 1.54) is 0 Å². The molecule has 2 aromatic rings. The molecule has 0 fully saturated rings. The maximum absolute atomic E-state index is 10.9. The summed E-state index contributed by atoms with van der Waals surface area (Å²) in [6.45, 7) is 1.66. The van der Waals surface area contributed by atoms with Gasteiger partial charge >= 0.3 is 5.97 Å². The highest BCUT2D eigenvalue weighted by Gasteiger charge is 2.12. The molecule has 0 saturated heterocycles.